The van der Waals surface area contributed by atoms with Crippen molar-refractivity contribution in [1.29, 1.82) is 5.26 Å². The molecule has 3 nitrogen and oxygen atoms in total. The molecule has 1 N–H and O–H groups in total. The van der Waals surface area contributed by atoms with E-state index in [1.165, 1.54) is 0 Å². The van der Waals surface area contributed by atoms with Gasteiger partial charge in [0.05, 0.1) is 12.2 Å². The molecule has 0 saturated carbocycles. The van der Waals surface area contributed by atoms with Crippen LogP contribution in [0.5, 0.6) is 0 Å². The molecule has 2 unspecified atom stereocenters. The molecule has 0 radical (unpaired) electrons. The van der Waals surface area contributed by atoms with Crippen molar-refractivity contribution in [3.8, 4) is 6.07 Å². The highest BCUT2D eigenvalue weighted by molar-refractivity contribution is 5.03. The maximum atomic E-state index is 9.15. The zero-order valence-electron chi connectivity index (χ0n) is 11.9. The second kappa shape index (κ2) is 9.44. The molecule has 0 heterocycles. The first kappa shape index (κ1) is 16.4. The van der Waals surface area contributed by atoms with Crippen LogP contribution < -0.4 is 5.32 Å². The number of ether oxygens (including phenoxy) is 1. The second-order valence-electron chi connectivity index (χ2n) is 4.94. The summed E-state index contributed by atoms with van der Waals surface area (Å²) in [7, 11) is 0. The van der Waals surface area contributed by atoms with Crippen molar-refractivity contribution < 1.29 is 4.74 Å². The van der Waals surface area contributed by atoms with Gasteiger partial charge in [0, 0.05) is 6.61 Å². The van der Waals surface area contributed by atoms with Gasteiger partial charge in [0.25, 0.3) is 0 Å². The topological polar surface area (TPSA) is 45.0 Å². The van der Waals surface area contributed by atoms with Crippen LogP contribution in [-0.4, -0.2) is 24.8 Å². The summed E-state index contributed by atoms with van der Waals surface area (Å²) < 4.78 is 5.69. The molecular weight excluding hydrogens is 212 g/mol. The maximum absolute atomic E-state index is 9.15. The van der Waals surface area contributed by atoms with Crippen molar-refractivity contribution in [3.05, 3.63) is 0 Å². The lowest BCUT2D eigenvalue weighted by molar-refractivity contribution is 0.0550. The Labute approximate surface area is 107 Å². The van der Waals surface area contributed by atoms with Crippen molar-refractivity contribution in [2.75, 3.05) is 13.2 Å². The summed E-state index contributed by atoms with van der Waals surface area (Å²) in [5.74, 6) is 0. The fraction of sp³-hybridized carbons (Fsp3) is 0.929. The minimum Gasteiger partial charge on any atom is -0.379 e. The van der Waals surface area contributed by atoms with E-state index in [1.54, 1.807) is 0 Å². The fourth-order valence-electron chi connectivity index (χ4n) is 1.78. The Kier molecular flexibility index (Phi) is 9.11. The van der Waals surface area contributed by atoms with Gasteiger partial charge in [-0.15, -0.1) is 0 Å². The van der Waals surface area contributed by atoms with Gasteiger partial charge in [-0.1, -0.05) is 20.3 Å². The summed E-state index contributed by atoms with van der Waals surface area (Å²) in [6.45, 7) is 10.0. The van der Waals surface area contributed by atoms with Crippen molar-refractivity contribution in [1.82, 2.24) is 5.32 Å². The Morgan fingerprint density at radius 1 is 1.35 bits per heavy atom. The first-order valence-electron chi connectivity index (χ1n) is 6.85. The quantitative estimate of drug-likeness (QED) is 0.596. The standard InChI is InChI=1S/C14H28N2O/c1-5-8-13(3)17-11-7-9-14(4,12-15)16-10-6-2/h13,16H,5-11H2,1-4H3. The highest BCUT2D eigenvalue weighted by Crippen LogP contribution is 2.12. The second-order valence-corrected chi connectivity index (χ2v) is 4.94. The molecule has 0 amide bonds. The number of hydrogen-bond donors (Lipinski definition) is 1. The largest absolute Gasteiger partial charge is 0.379 e. The van der Waals surface area contributed by atoms with Gasteiger partial charge in [0.1, 0.15) is 5.54 Å². The number of nitriles is 1. The van der Waals surface area contributed by atoms with Gasteiger partial charge in [-0.3, -0.25) is 5.32 Å². The van der Waals surface area contributed by atoms with Gasteiger partial charge >= 0.3 is 0 Å². The van der Waals surface area contributed by atoms with Crippen LogP contribution in [0.15, 0.2) is 0 Å². The fourth-order valence-corrected chi connectivity index (χ4v) is 1.78. The van der Waals surface area contributed by atoms with E-state index in [0.717, 1.165) is 45.3 Å². The van der Waals surface area contributed by atoms with Crippen LogP contribution >= 0.6 is 0 Å². The molecule has 0 fully saturated rings. The first-order valence-corrected chi connectivity index (χ1v) is 6.85. The Morgan fingerprint density at radius 3 is 2.59 bits per heavy atom. The van der Waals surface area contributed by atoms with Crippen LogP contribution in [0.1, 0.15) is 59.8 Å². The smallest absolute Gasteiger partial charge is 0.104 e. The van der Waals surface area contributed by atoms with E-state index in [4.69, 9.17) is 10.00 Å². The molecule has 3 heteroatoms. The van der Waals surface area contributed by atoms with E-state index in [-0.39, 0.29) is 0 Å². The molecule has 0 spiro atoms. The Bertz CT molecular complexity index is 225. The Morgan fingerprint density at radius 2 is 2.06 bits per heavy atom. The molecule has 2 atom stereocenters. The van der Waals surface area contributed by atoms with E-state index >= 15 is 0 Å². The molecule has 0 aliphatic heterocycles. The molecular formula is C14H28N2O. The van der Waals surface area contributed by atoms with Gasteiger partial charge < -0.3 is 4.74 Å². The van der Waals surface area contributed by atoms with E-state index < -0.39 is 5.54 Å². The summed E-state index contributed by atoms with van der Waals surface area (Å²) in [5, 5.41) is 12.4. The summed E-state index contributed by atoms with van der Waals surface area (Å²) in [6, 6.07) is 2.36. The van der Waals surface area contributed by atoms with E-state index in [2.05, 4.69) is 32.2 Å². The van der Waals surface area contributed by atoms with Crippen molar-refractivity contribution in [3.63, 3.8) is 0 Å². The van der Waals surface area contributed by atoms with Crippen molar-refractivity contribution in [2.24, 2.45) is 0 Å². The van der Waals surface area contributed by atoms with Gasteiger partial charge in [-0.05, 0) is 46.1 Å². The number of hydrogen-bond acceptors (Lipinski definition) is 3. The summed E-state index contributed by atoms with van der Waals surface area (Å²) in [5.41, 5.74) is -0.395. The zero-order chi connectivity index (χ0) is 13.1. The monoisotopic (exact) mass is 240 g/mol. The Hall–Kier alpha value is -0.590. The van der Waals surface area contributed by atoms with Crippen LogP contribution in [0.2, 0.25) is 0 Å². The molecule has 0 aliphatic carbocycles. The lowest BCUT2D eigenvalue weighted by atomic mass is 9.98. The van der Waals surface area contributed by atoms with Crippen LogP contribution in [0.4, 0.5) is 0 Å². The highest BCUT2D eigenvalue weighted by atomic mass is 16.5. The van der Waals surface area contributed by atoms with Gasteiger partial charge in [0.15, 0.2) is 0 Å². The molecule has 0 aliphatic rings. The van der Waals surface area contributed by atoms with Crippen molar-refractivity contribution in [2.45, 2.75) is 71.4 Å². The lowest BCUT2D eigenvalue weighted by Crippen LogP contribution is -2.41. The van der Waals surface area contributed by atoms with Crippen LogP contribution in [0.25, 0.3) is 0 Å². The zero-order valence-corrected chi connectivity index (χ0v) is 11.9. The molecule has 0 aromatic heterocycles. The van der Waals surface area contributed by atoms with Gasteiger partial charge in [-0.25, -0.2) is 0 Å². The van der Waals surface area contributed by atoms with Gasteiger partial charge in [0.2, 0.25) is 0 Å². The van der Waals surface area contributed by atoms with Crippen LogP contribution in [0, 0.1) is 11.3 Å². The Balaban J connectivity index is 3.73. The third-order valence-electron chi connectivity index (χ3n) is 2.93. The van der Waals surface area contributed by atoms with Crippen LogP contribution in [-0.2, 0) is 4.74 Å². The first-order chi connectivity index (χ1) is 8.08. The minimum absolute atomic E-state index is 0.344. The molecule has 100 valence electrons. The number of rotatable bonds is 10. The normalized spacial score (nSPS) is 16.2. The van der Waals surface area contributed by atoms with E-state index in [0.29, 0.717) is 6.10 Å². The predicted molar refractivity (Wildman–Crippen MR) is 71.9 cm³/mol. The van der Waals surface area contributed by atoms with Gasteiger partial charge in [-0.2, -0.15) is 5.26 Å². The number of nitrogens with one attached hydrogen (secondary N) is 1. The molecule has 0 aromatic carbocycles. The van der Waals surface area contributed by atoms with Crippen molar-refractivity contribution >= 4 is 0 Å². The third-order valence-corrected chi connectivity index (χ3v) is 2.93. The SMILES string of the molecule is CCCNC(C)(C#N)CCCOC(C)CCC. The molecule has 0 aromatic rings. The molecule has 0 saturated heterocycles. The predicted octanol–water partition coefficient (Wildman–Crippen LogP) is 3.25. The summed E-state index contributed by atoms with van der Waals surface area (Å²) in [4.78, 5) is 0. The highest BCUT2D eigenvalue weighted by Gasteiger charge is 2.21. The summed E-state index contributed by atoms with van der Waals surface area (Å²) >= 11 is 0. The minimum atomic E-state index is -0.395. The number of nitrogens with zero attached hydrogens (tertiary/aromatic N) is 1. The average Bonchev–Trinajstić information content (AvgIpc) is 2.32. The molecule has 0 rings (SSSR count). The van der Waals surface area contributed by atoms with E-state index in [9.17, 15) is 0 Å². The van der Waals surface area contributed by atoms with E-state index in [1.807, 2.05) is 6.92 Å². The maximum Gasteiger partial charge on any atom is 0.104 e. The lowest BCUT2D eigenvalue weighted by Gasteiger charge is -2.23. The third kappa shape index (κ3) is 8.18. The molecule has 0 bridgehead atoms. The summed E-state index contributed by atoms with van der Waals surface area (Å²) in [6.07, 6.45) is 5.47. The van der Waals surface area contributed by atoms with Crippen LogP contribution in [0.3, 0.4) is 0 Å². The average molecular weight is 240 g/mol. The molecule has 17 heavy (non-hydrogen) atoms.